The van der Waals surface area contributed by atoms with Crippen molar-refractivity contribution in [2.24, 2.45) is 0 Å². The Morgan fingerprint density at radius 1 is 0.950 bits per heavy atom. The molecular formula is C18H18N2. The summed E-state index contributed by atoms with van der Waals surface area (Å²) < 4.78 is 2.23. The van der Waals surface area contributed by atoms with Crippen molar-refractivity contribution in [3.05, 3.63) is 90.0 Å². The van der Waals surface area contributed by atoms with Crippen LogP contribution in [0.25, 0.3) is 0 Å². The lowest BCUT2D eigenvalue weighted by atomic mass is 10.0. The minimum atomic E-state index is 0.301. The van der Waals surface area contributed by atoms with Crippen LogP contribution in [0.1, 0.15) is 29.8 Å². The Morgan fingerprint density at radius 2 is 1.60 bits per heavy atom. The van der Waals surface area contributed by atoms with Crippen molar-refractivity contribution in [1.29, 1.82) is 0 Å². The van der Waals surface area contributed by atoms with E-state index in [1.54, 1.807) is 0 Å². The van der Waals surface area contributed by atoms with Crippen LogP contribution < -0.4 is 0 Å². The molecule has 0 aliphatic heterocycles. The standard InChI is InChI=1S/C18H18N2/c1-15(17-10-6-3-7-11-17)18-19-12-13-20(18)14-16-8-4-2-5-9-16/h2-13,15H,14H2,1H3. The van der Waals surface area contributed by atoms with Crippen molar-refractivity contribution in [3.63, 3.8) is 0 Å². The summed E-state index contributed by atoms with van der Waals surface area (Å²) in [6, 6.07) is 21.0. The van der Waals surface area contributed by atoms with Crippen LogP contribution in [-0.2, 0) is 6.54 Å². The van der Waals surface area contributed by atoms with E-state index in [4.69, 9.17) is 0 Å². The molecule has 1 unspecified atom stereocenters. The number of benzene rings is 2. The Labute approximate surface area is 119 Å². The molecule has 0 bridgehead atoms. The Bertz CT molecular complexity index is 656. The fourth-order valence-electron chi connectivity index (χ4n) is 2.51. The Morgan fingerprint density at radius 3 is 2.30 bits per heavy atom. The minimum Gasteiger partial charge on any atom is -0.330 e. The first-order valence-corrected chi connectivity index (χ1v) is 6.94. The number of rotatable bonds is 4. The summed E-state index contributed by atoms with van der Waals surface area (Å²) in [4.78, 5) is 4.55. The molecule has 0 N–H and O–H groups in total. The van der Waals surface area contributed by atoms with E-state index < -0.39 is 0 Å². The summed E-state index contributed by atoms with van der Waals surface area (Å²) >= 11 is 0. The molecule has 0 saturated heterocycles. The monoisotopic (exact) mass is 262 g/mol. The van der Waals surface area contributed by atoms with E-state index in [2.05, 4.69) is 71.2 Å². The molecule has 1 heterocycles. The highest BCUT2D eigenvalue weighted by Gasteiger charge is 2.13. The second-order valence-corrected chi connectivity index (χ2v) is 5.03. The first-order chi connectivity index (χ1) is 9.84. The molecule has 1 atom stereocenters. The van der Waals surface area contributed by atoms with Crippen LogP contribution in [0, 0.1) is 0 Å². The van der Waals surface area contributed by atoms with Gasteiger partial charge in [-0.15, -0.1) is 0 Å². The quantitative estimate of drug-likeness (QED) is 0.692. The zero-order valence-corrected chi connectivity index (χ0v) is 11.6. The summed E-state index contributed by atoms with van der Waals surface area (Å²) in [6.45, 7) is 3.08. The highest BCUT2D eigenvalue weighted by molar-refractivity contribution is 5.25. The van der Waals surface area contributed by atoms with Gasteiger partial charge in [0.2, 0.25) is 0 Å². The lowest BCUT2D eigenvalue weighted by Gasteiger charge is -2.14. The van der Waals surface area contributed by atoms with E-state index in [1.807, 2.05) is 18.3 Å². The fourth-order valence-corrected chi connectivity index (χ4v) is 2.51. The van der Waals surface area contributed by atoms with Crippen LogP contribution in [0.15, 0.2) is 73.1 Å². The maximum atomic E-state index is 4.55. The largest absolute Gasteiger partial charge is 0.330 e. The Balaban J connectivity index is 1.87. The smallest absolute Gasteiger partial charge is 0.116 e. The lowest BCUT2D eigenvalue weighted by molar-refractivity contribution is 0.689. The zero-order valence-electron chi connectivity index (χ0n) is 11.6. The van der Waals surface area contributed by atoms with Crippen LogP contribution in [0.2, 0.25) is 0 Å². The van der Waals surface area contributed by atoms with Gasteiger partial charge in [0.1, 0.15) is 5.82 Å². The maximum Gasteiger partial charge on any atom is 0.116 e. The van der Waals surface area contributed by atoms with Gasteiger partial charge in [-0.3, -0.25) is 0 Å². The van der Waals surface area contributed by atoms with Crippen molar-refractivity contribution in [1.82, 2.24) is 9.55 Å². The van der Waals surface area contributed by atoms with Gasteiger partial charge in [-0.2, -0.15) is 0 Å². The van der Waals surface area contributed by atoms with Crippen molar-refractivity contribution in [2.75, 3.05) is 0 Å². The van der Waals surface area contributed by atoms with E-state index in [9.17, 15) is 0 Å². The van der Waals surface area contributed by atoms with Crippen LogP contribution in [-0.4, -0.2) is 9.55 Å². The molecule has 0 aliphatic carbocycles. The molecule has 2 heteroatoms. The van der Waals surface area contributed by atoms with E-state index in [-0.39, 0.29) is 0 Å². The zero-order chi connectivity index (χ0) is 13.8. The molecule has 3 rings (SSSR count). The molecule has 0 fully saturated rings. The second kappa shape index (κ2) is 5.74. The highest BCUT2D eigenvalue weighted by atomic mass is 15.1. The molecule has 2 aromatic carbocycles. The molecular weight excluding hydrogens is 244 g/mol. The number of aromatic nitrogens is 2. The number of hydrogen-bond donors (Lipinski definition) is 0. The second-order valence-electron chi connectivity index (χ2n) is 5.03. The summed E-state index contributed by atoms with van der Waals surface area (Å²) in [5.41, 5.74) is 2.60. The molecule has 0 amide bonds. The molecule has 3 aromatic rings. The number of hydrogen-bond acceptors (Lipinski definition) is 1. The van der Waals surface area contributed by atoms with Gasteiger partial charge in [-0.25, -0.2) is 4.98 Å². The minimum absolute atomic E-state index is 0.301. The molecule has 0 aliphatic rings. The van der Waals surface area contributed by atoms with E-state index in [0.29, 0.717) is 5.92 Å². The van der Waals surface area contributed by atoms with Gasteiger partial charge in [-0.05, 0) is 11.1 Å². The van der Waals surface area contributed by atoms with Crippen molar-refractivity contribution in [3.8, 4) is 0 Å². The molecule has 1 aromatic heterocycles. The summed E-state index contributed by atoms with van der Waals surface area (Å²) in [6.07, 6.45) is 3.94. The average Bonchev–Trinajstić information content (AvgIpc) is 2.96. The fraction of sp³-hybridized carbons (Fsp3) is 0.167. The number of imidazole rings is 1. The third-order valence-corrected chi connectivity index (χ3v) is 3.63. The Kier molecular flexibility index (Phi) is 3.64. The van der Waals surface area contributed by atoms with Crippen LogP contribution >= 0.6 is 0 Å². The number of nitrogens with zero attached hydrogens (tertiary/aromatic N) is 2. The van der Waals surface area contributed by atoms with Crippen molar-refractivity contribution >= 4 is 0 Å². The molecule has 0 spiro atoms. The summed E-state index contributed by atoms with van der Waals surface area (Å²) in [5, 5.41) is 0. The van der Waals surface area contributed by atoms with Crippen LogP contribution in [0.3, 0.4) is 0 Å². The summed E-state index contributed by atoms with van der Waals surface area (Å²) in [5.74, 6) is 1.41. The molecule has 0 radical (unpaired) electrons. The SMILES string of the molecule is CC(c1ccccc1)c1nccn1Cc1ccccc1. The predicted octanol–water partition coefficient (Wildman–Crippen LogP) is 4.08. The van der Waals surface area contributed by atoms with Gasteiger partial charge >= 0.3 is 0 Å². The highest BCUT2D eigenvalue weighted by Crippen LogP contribution is 2.22. The summed E-state index contributed by atoms with van der Waals surface area (Å²) in [7, 11) is 0. The van der Waals surface area contributed by atoms with Gasteiger partial charge < -0.3 is 4.57 Å². The first-order valence-electron chi connectivity index (χ1n) is 6.94. The van der Waals surface area contributed by atoms with Crippen LogP contribution in [0.4, 0.5) is 0 Å². The molecule has 0 saturated carbocycles. The van der Waals surface area contributed by atoms with Gasteiger partial charge in [0.25, 0.3) is 0 Å². The first kappa shape index (κ1) is 12.7. The maximum absolute atomic E-state index is 4.55. The Hall–Kier alpha value is -2.35. The lowest BCUT2D eigenvalue weighted by Crippen LogP contribution is -2.08. The van der Waals surface area contributed by atoms with Gasteiger partial charge in [0.05, 0.1) is 0 Å². The third-order valence-electron chi connectivity index (χ3n) is 3.63. The van der Waals surface area contributed by atoms with Gasteiger partial charge in [0, 0.05) is 24.9 Å². The van der Waals surface area contributed by atoms with Crippen LogP contribution in [0.5, 0.6) is 0 Å². The van der Waals surface area contributed by atoms with Crippen molar-refractivity contribution < 1.29 is 0 Å². The van der Waals surface area contributed by atoms with Gasteiger partial charge in [0.15, 0.2) is 0 Å². The predicted molar refractivity (Wildman–Crippen MR) is 81.7 cm³/mol. The van der Waals surface area contributed by atoms with E-state index in [1.165, 1.54) is 11.1 Å². The molecule has 100 valence electrons. The topological polar surface area (TPSA) is 17.8 Å². The van der Waals surface area contributed by atoms with E-state index in [0.717, 1.165) is 12.4 Å². The van der Waals surface area contributed by atoms with E-state index >= 15 is 0 Å². The van der Waals surface area contributed by atoms with Crippen molar-refractivity contribution in [2.45, 2.75) is 19.4 Å². The van der Waals surface area contributed by atoms with Gasteiger partial charge in [-0.1, -0.05) is 67.6 Å². The molecule has 20 heavy (non-hydrogen) atoms. The average molecular weight is 262 g/mol. The third kappa shape index (κ3) is 2.64. The molecule has 2 nitrogen and oxygen atoms in total. The normalized spacial score (nSPS) is 12.2.